The second-order valence-corrected chi connectivity index (χ2v) is 7.30. The van der Waals surface area contributed by atoms with Gasteiger partial charge in [-0.05, 0) is 43.6 Å². The Hall–Kier alpha value is -1.59. The first-order valence-electron chi connectivity index (χ1n) is 8.98. The Labute approximate surface area is 144 Å². The molecule has 1 aliphatic heterocycles. The fourth-order valence-corrected chi connectivity index (χ4v) is 3.43. The van der Waals surface area contributed by atoms with Crippen molar-refractivity contribution in [1.82, 2.24) is 10.2 Å². The molecule has 0 spiro atoms. The van der Waals surface area contributed by atoms with E-state index in [1.807, 2.05) is 37.3 Å². The fraction of sp³-hybridized carbons (Fsp3) is 0.632. The number of alkyl carbamates (subject to hydrolysis) is 1. The van der Waals surface area contributed by atoms with Crippen LogP contribution in [0.25, 0.3) is 0 Å². The van der Waals surface area contributed by atoms with Gasteiger partial charge in [0.1, 0.15) is 6.61 Å². The third-order valence-electron chi connectivity index (χ3n) is 4.99. The van der Waals surface area contributed by atoms with E-state index in [0.717, 1.165) is 37.5 Å². The number of benzene rings is 1. The number of aliphatic hydroxyl groups excluding tert-OH is 1. The van der Waals surface area contributed by atoms with Crippen molar-refractivity contribution < 1.29 is 14.6 Å². The van der Waals surface area contributed by atoms with E-state index in [1.54, 1.807) is 0 Å². The highest BCUT2D eigenvalue weighted by Gasteiger charge is 2.33. The fourth-order valence-electron chi connectivity index (χ4n) is 3.43. The number of amides is 1. The Balaban J connectivity index is 1.49. The van der Waals surface area contributed by atoms with Crippen LogP contribution in [0.4, 0.5) is 4.79 Å². The molecule has 1 aliphatic carbocycles. The van der Waals surface area contributed by atoms with Crippen LogP contribution in [0.5, 0.6) is 0 Å². The van der Waals surface area contributed by atoms with Gasteiger partial charge < -0.3 is 20.1 Å². The van der Waals surface area contributed by atoms with Crippen molar-refractivity contribution in [3.63, 3.8) is 0 Å². The molecule has 1 saturated carbocycles. The van der Waals surface area contributed by atoms with Crippen molar-refractivity contribution in [3.05, 3.63) is 35.9 Å². The van der Waals surface area contributed by atoms with Gasteiger partial charge in [0.05, 0.1) is 6.10 Å². The molecule has 5 heteroatoms. The minimum Gasteiger partial charge on any atom is -0.445 e. The summed E-state index contributed by atoms with van der Waals surface area (Å²) in [6, 6.07) is 9.72. The minimum atomic E-state index is -0.374. The van der Waals surface area contributed by atoms with E-state index >= 15 is 0 Å². The SMILES string of the molecule is CC(O)C1CC(NC(=O)OCc2ccccc2)CN(CC2CC2)C1. The Bertz CT molecular complexity index is 531. The molecular formula is C19H28N2O3. The summed E-state index contributed by atoms with van der Waals surface area (Å²) in [6.07, 6.45) is 2.71. The monoisotopic (exact) mass is 332 g/mol. The van der Waals surface area contributed by atoms with Gasteiger partial charge >= 0.3 is 6.09 Å². The molecule has 132 valence electrons. The van der Waals surface area contributed by atoms with Crippen LogP contribution in [0, 0.1) is 11.8 Å². The molecule has 1 aromatic carbocycles. The predicted molar refractivity (Wildman–Crippen MR) is 92.5 cm³/mol. The van der Waals surface area contributed by atoms with Gasteiger partial charge in [-0.1, -0.05) is 30.3 Å². The first-order chi connectivity index (χ1) is 11.6. The molecule has 2 N–H and O–H groups in total. The van der Waals surface area contributed by atoms with Crippen LogP contribution in [-0.2, 0) is 11.3 Å². The van der Waals surface area contributed by atoms with Gasteiger partial charge in [0.2, 0.25) is 0 Å². The lowest BCUT2D eigenvalue weighted by molar-refractivity contribution is 0.0439. The highest BCUT2D eigenvalue weighted by atomic mass is 16.5. The van der Waals surface area contributed by atoms with E-state index in [-0.39, 0.29) is 30.8 Å². The lowest BCUT2D eigenvalue weighted by atomic mass is 9.90. The predicted octanol–water partition coefficient (Wildman–Crippen LogP) is 2.39. The zero-order valence-electron chi connectivity index (χ0n) is 14.4. The molecule has 2 fully saturated rings. The molecule has 1 heterocycles. The van der Waals surface area contributed by atoms with Crippen LogP contribution >= 0.6 is 0 Å². The average Bonchev–Trinajstić information content (AvgIpc) is 3.37. The zero-order chi connectivity index (χ0) is 16.9. The van der Waals surface area contributed by atoms with Gasteiger partial charge in [0.15, 0.2) is 0 Å². The molecular weight excluding hydrogens is 304 g/mol. The molecule has 1 amide bonds. The van der Waals surface area contributed by atoms with Gasteiger partial charge in [-0.25, -0.2) is 4.79 Å². The summed E-state index contributed by atoms with van der Waals surface area (Å²) in [7, 11) is 0. The summed E-state index contributed by atoms with van der Waals surface area (Å²) in [5, 5.41) is 13.0. The van der Waals surface area contributed by atoms with Crippen LogP contribution in [0.15, 0.2) is 30.3 Å². The second-order valence-electron chi connectivity index (χ2n) is 7.30. The Kier molecular flexibility index (Phi) is 5.74. The molecule has 3 rings (SSSR count). The van der Waals surface area contributed by atoms with E-state index in [9.17, 15) is 9.90 Å². The lowest BCUT2D eigenvalue weighted by Crippen LogP contribution is -2.53. The van der Waals surface area contributed by atoms with Crippen LogP contribution in [0.3, 0.4) is 0 Å². The number of likely N-dealkylation sites (tertiary alicyclic amines) is 1. The van der Waals surface area contributed by atoms with Gasteiger partial charge in [-0.3, -0.25) is 0 Å². The summed E-state index contributed by atoms with van der Waals surface area (Å²) in [5.74, 6) is 1.01. The standard InChI is InChI=1S/C19H28N2O3/c1-14(22)17-9-18(12-21(11-17)10-15-7-8-15)20-19(23)24-13-16-5-3-2-4-6-16/h2-6,14-15,17-18,22H,7-13H2,1H3,(H,20,23). The number of hydrogen-bond donors (Lipinski definition) is 2. The third kappa shape index (κ3) is 5.21. The maximum atomic E-state index is 12.1. The van der Waals surface area contributed by atoms with Gasteiger partial charge in [-0.15, -0.1) is 0 Å². The molecule has 5 nitrogen and oxygen atoms in total. The highest BCUT2D eigenvalue weighted by molar-refractivity contribution is 5.67. The Morgan fingerprint density at radius 1 is 1.33 bits per heavy atom. The van der Waals surface area contributed by atoms with Crippen molar-refractivity contribution in [2.24, 2.45) is 11.8 Å². The normalized spacial score (nSPS) is 25.9. The van der Waals surface area contributed by atoms with Crippen molar-refractivity contribution in [2.45, 2.75) is 44.9 Å². The summed E-state index contributed by atoms with van der Waals surface area (Å²) >= 11 is 0. The number of carbonyl (C=O) groups is 1. The van der Waals surface area contributed by atoms with Crippen LogP contribution in [-0.4, -0.2) is 47.9 Å². The quantitative estimate of drug-likeness (QED) is 0.840. The third-order valence-corrected chi connectivity index (χ3v) is 4.99. The first kappa shape index (κ1) is 17.2. The Morgan fingerprint density at radius 3 is 2.75 bits per heavy atom. The van der Waals surface area contributed by atoms with Crippen LogP contribution < -0.4 is 5.32 Å². The molecule has 1 aromatic rings. The molecule has 2 aliphatic rings. The maximum Gasteiger partial charge on any atom is 0.407 e. The smallest absolute Gasteiger partial charge is 0.407 e. The van der Waals surface area contributed by atoms with E-state index in [2.05, 4.69) is 10.2 Å². The first-order valence-corrected chi connectivity index (χ1v) is 8.98. The summed E-state index contributed by atoms with van der Waals surface area (Å²) < 4.78 is 5.32. The summed E-state index contributed by atoms with van der Waals surface area (Å²) in [5.41, 5.74) is 0.980. The molecule has 0 radical (unpaired) electrons. The van der Waals surface area contributed by atoms with E-state index < -0.39 is 0 Å². The number of carbonyl (C=O) groups excluding carboxylic acids is 1. The molecule has 0 bridgehead atoms. The number of rotatable bonds is 6. The number of ether oxygens (including phenoxy) is 1. The molecule has 3 unspecified atom stereocenters. The maximum absolute atomic E-state index is 12.1. The van der Waals surface area contributed by atoms with Crippen molar-refractivity contribution >= 4 is 6.09 Å². The summed E-state index contributed by atoms with van der Waals surface area (Å²) in [4.78, 5) is 14.5. The average molecular weight is 332 g/mol. The molecule has 0 aromatic heterocycles. The van der Waals surface area contributed by atoms with Gasteiger partial charge in [0.25, 0.3) is 0 Å². The van der Waals surface area contributed by atoms with Crippen LogP contribution in [0.2, 0.25) is 0 Å². The molecule has 3 atom stereocenters. The largest absolute Gasteiger partial charge is 0.445 e. The van der Waals surface area contributed by atoms with E-state index in [0.29, 0.717) is 0 Å². The Morgan fingerprint density at radius 2 is 2.08 bits per heavy atom. The molecule has 24 heavy (non-hydrogen) atoms. The van der Waals surface area contributed by atoms with Crippen molar-refractivity contribution in [1.29, 1.82) is 0 Å². The number of aliphatic hydroxyl groups is 1. The van der Waals surface area contributed by atoms with Crippen molar-refractivity contribution in [2.75, 3.05) is 19.6 Å². The van der Waals surface area contributed by atoms with Crippen molar-refractivity contribution in [3.8, 4) is 0 Å². The number of piperidine rings is 1. The minimum absolute atomic E-state index is 0.0420. The van der Waals surface area contributed by atoms with E-state index in [1.165, 1.54) is 12.8 Å². The number of nitrogens with one attached hydrogen (secondary N) is 1. The number of nitrogens with zero attached hydrogens (tertiary/aromatic N) is 1. The van der Waals surface area contributed by atoms with Gasteiger partial charge in [-0.2, -0.15) is 0 Å². The highest BCUT2D eigenvalue weighted by Crippen LogP contribution is 2.31. The lowest BCUT2D eigenvalue weighted by Gasteiger charge is -2.39. The van der Waals surface area contributed by atoms with Gasteiger partial charge in [0, 0.05) is 25.7 Å². The van der Waals surface area contributed by atoms with Crippen LogP contribution in [0.1, 0.15) is 31.7 Å². The number of hydrogen-bond acceptors (Lipinski definition) is 4. The zero-order valence-corrected chi connectivity index (χ0v) is 14.4. The molecule has 1 saturated heterocycles. The summed E-state index contributed by atoms with van der Waals surface area (Å²) in [6.45, 7) is 4.98. The second kappa shape index (κ2) is 7.99. The van der Waals surface area contributed by atoms with E-state index in [4.69, 9.17) is 4.74 Å². The topological polar surface area (TPSA) is 61.8 Å².